The Morgan fingerprint density at radius 3 is 3.12 bits per heavy atom. The zero-order valence-electron chi connectivity index (χ0n) is 9.59. The van der Waals surface area contributed by atoms with Crippen LogP contribution in [-0.4, -0.2) is 27.2 Å². The third-order valence-corrected chi connectivity index (χ3v) is 3.15. The van der Waals surface area contributed by atoms with Gasteiger partial charge in [-0.2, -0.15) is 11.3 Å². The number of aryl methyl sites for hydroxylation is 1. The van der Waals surface area contributed by atoms with Gasteiger partial charge < -0.3 is 9.88 Å². The molecule has 0 saturated heterocycles. The van der Waals surface area contributed by atoms with E-state index in [1.54, 1.807) is 17.7 Å². The number of carbonyl (C=O) groups is 1. The fraction of sp³-hybridized carbons (Fsp3) is 0.364. The van der Waals surface area contributed by atoms with Gasteiger partial charge in [-0.25, -0.2) is 0 Å². The summed E-state index contributed by atoms with van der Waals surface area (Å²) in [4.78, 5) is 11.6. The number of thiophene rings is 1. The van der Waals surface area contributed by atoms with E-state index in [0.29, 0.717) is 19.4 Å². The van der Waals surface area contributed by atoms with Crippen molar-refractivity contribution in [2.45, 2.75) is 12.8 Å². The number of hydrogen-bond acceptors (Lipinski definition) is 4. The lowest BCUT2D eigenvalue weighted by atomic mass is 10.2. The van der Waals surface area contributed by atoms with E-state index < -0.39 is 0 Å². The molecule has 1 N–H and O–H groups in total. The van der Waals surface area contributed by atoms with Gasteiger partial charge in [0.2, 0.25) is 5.91 Å². The second-order valence-corrected chi connectivity index (χ2v) is 4.55. The highest BCUT2D eigenvalue weighted by atomic mass is 32.1. The van der Waals surface area contributed by atoms with Crippen molar-refractivity contribution in [1.82, 2.24) is 20.1 Å². The summed E-state index contributed by atoms with van der Waals surface area (Å²) in [5.41, 5.74) is 1.06. The molecule has 6 heteroatoms. The molecular formula is C11H14N4OS. The molecule has 2 aromatic heterocycles. The van der Waals surface area contributed by atoms with Crippen LogP contribution in [0.4, 0.5) is 0 Å². The Hall–Kier alpha value is -1.69. The minimum Gasteiger partial charge on any atom is -0.355 e. The van der Waals surface area contributed by atoms with Crippen LogP contribution in [0.3, 0.4) is 0 Å². The molecule has 2 aromatic rings. The van der Waals surface area contributed by atoms with Crippen LogP contribution in [0.1, 0.15) is 11.4 Å². The van der Waals surface area contributed by atoms with E-state index in [9.17, 15) is 4.79 Å². The molecule has 0 aliphatic heterocycles. The Balaban J connectivity index is 1.72. The minimum atomic E-state index is 0.0468. The van der Waals surface area contributed by atoms with Gasteiger partial charge >= 0.3 is 0 Å². The van der Waals surface area contributed by atoms with E-state index in [4.69, 9.17) is 0 Å². The number of nitrogens with zero attached hydrogens (tertiary/aromatic N) is 3. The van der Waals surface area contributed by atoms with Crippen molar-refractivity contribution in [2.75, 3.05) is 6.54 Å². The Bertz CT molecular complexity index is 477. The van der Waals surface area contributed by atoms with Crippen LogP contribution in [0.25, 0.3) is 0 Å². The molecule has 0 atom stereocenters. The largest absolute Gasteiger partial charge is 0.355 e. The predicted molar refractivity (Wildman–Crippen MR) is 65.7 cm³/mol. The Kier molecular flexibility index (Phi) is 3.87. The topological polar surface area (TPSA) is 59.8 Å². The molecule has 0 spiro atoms. The smallest absolute Gasteiger partial charge is 0.224 e. The zero-order valence-corrected chi connectivity index (χ0v) is 10.4. The zero-order chi connectivity index (χ0) is 12.1. The normalized spacial score (nSPS) is 10.4. The van der Waals surface area contributed by atoms with E-state index in [-0.39, 0.29) is 5.91 Å². The van der Waals surface area contributed by atoms with Gasteiger partial charge in [0, 0.05) is 20.0 Å². The lowest BCUT2D eigenvalue weighted by molar-refractivity contribution is -0.120. The van der Waals surface area contributed by atoms with Crippen molar-refractivity contribution in [2.24, 2.45) is 7.05 Å². The number of carbonyl (C=O) groups excluding carboxylic acids is 1. The number of aromatic nitrogens is 3. The highest BCUT2D eigenvalue weighted by Crippen LogP contribution is 2.06. The lowest BCUT2D eigenvalue weighted by Gasteiger charge is -2.03. The highest BCUT2D eigenvalue weighted by molar-refractivity contribution is 7.07. The first-order valence-corrected chi connectivity index (χ1v) is 6.30. The van der Waals surface area contributed by atoms with E-state index in [2.05, 4.69) is 15.5 Å². The van der Waals surface area contributed by atoms with Crippen molar-refractivity contribution in [3.63, 3.8) is 0 Å². The SMILES string of the molecule is Cn1cnnc1CCNC(=O)Cc1ccsc1. The molecule has 0 unspecified atom stereocenters. The van der Waals surface area contributed by atoms with E-state index >= 15 is 0 Å². The highest BCUT2D eigenvalue weighted by Gasteiger charge is 2.04. The molecule has 1 amide bonds. The Labute approximate surface area is 103 Å². The molecule has 2 heterocycles. The number of amides is 1. The molecule has 90 valence electrons. The average Bonchev–Trinajstić information content (AvgIpc) is 2.91. The predicted octanol–water partition coefficient (Wildman–Crippen LogP) is 0.778. The van der Waals surface area contributed by atoms with E-state index in [0.717, 1.165) is 11.4 Å². The Morgan fingerprint density at radius 1 is 1.59 bits per heavy atom. The molecule has 0 saturated carbocycles. The van der Waals surface area contributed by atoms with E-state index in [1.807, 2.05) is 28.4 Å². The van der Waals surface area contributed by atoms with Gasteiger partial charge in [-0.1, -0.05) is 0 Å². The molecule has 2 rings (SSSR count). The first kappa shape index (κ1) is 11.8. The van der Waals surface area contributed by atoms with Crippen molar-refractivity contribution >= 4 is 17.2 Å². The molecule has 0 radical (unpaired) electrons. The maximum atomic E-state index is 11.6. The molecule has 0 bridgehead atoms. The molecule has 0 aliphatic carbocycles. The van der Waals surface area contributed by atoms with Crippen molar-refractivity contribution in [3.8, 4) is 0 Å². The quantitative estimate of drug-likeness (QED) is 0.853. The van der Waals surface area contributed by atoms with Gasteiger partial charge in [-0.05, 0) is 22.4 Å². The second-order valence-electron chi connectivity index (χ2n) is 3.77. The van der Waals surface area contributed by atoms with Gasteiger partial charge in [0.1, 0.15) is 12.2 Å². The summed E-state index contributed by atoms with van der Waals surface area (Å²) in [6.07, 6.45) is 2.80. The molecular weight excluding hydrogens is 236 g/mol. The fourth-order valence-corrected chi connectivity index (χ4v) is 2.16. The number of hydrogen-bond donors (Lipinski definition) is 1. The minimum absolute atomic E-state index is 0.0468. The molecule has 0 aromatic carbocycles. The summed E-state index contributed by atoms with van der Waals surface area (Å²) in [6, 6.07) is 1.97. The van der Waals surface area contributed by atoms with Crippen LogP contribution < -0.4 is 5.32 Å². The molecule has 5 nitrogen and oxygen atoms in total. The maximum absolute atomic E-state index is 11.6. The molecule has 0 fully saturated rings. The fourth-order valence-electron chi connectivity index (χ4n) is 1.49. The molecule has 17 heavy (non-hydrogen) atoms. The van der Waals surface area contributed by atoms with Gasteiger partial charge in [0.05, 0.1) is 6.42 Å². The lowest BCUT2D eigenvalue weighted by Crippen LogP contribution is -2.27. The Morgan fingerprint density at radius 2 is 2.47 bits per heavy atom. The second kappa shape index (κ2) is 5.58. The summed E-state index contributed by atoms with van der Waals surface area (Å²) < 4.78 is 1.85. The van der Waals surface area contributed by atoms with Gasteiger partial charge in [-0.3, -0.25) is 4.79 Å². The summed E-state index contributed by atoms with van der Waals surface area (Å²) in [5, 5.41) is 14.6. The third kappa shape index (κ3) is 3.39. The number of rotatable bonds is 5. The van der Waals surface area contributed by atoms with Crippen molar-refractivity contribution < 1.29 is 4.79 Å². The standard InChI is InChI=1S/C11H14N4OS/c1-15-8-13-14-10(15)2-4-12-11(16)6-9-3-5-17-7-9/h3,5,7-8H,2,4,6H2,1H3,(H,12,16). The third-order valence-electron chi connectivity index (χ3n) is 2.42. The summed E-state index contributed by atoms with van der Waals surface area (Å²) in [5.74, 6) is 0.923. The summed E-state index contributed by atoms with van der Waals surface area (Å²) in [7, 11) is 1.89. The monoisotopic (exact) mass is 250 g/mol. The van der Waals surface area contributed by atoms with Gasteiger partial charge in [0.25, 0.3) is 0 Å². The van der Waals surface area contributed by atoms with E-state index in [1.165, 1.54) is 0 Å². The van der Waals surface area contributed by atoms with Crippen LogP contribution in [0.5, 0.6) is 0 Å². The van der Waals surface area contributed by atoms with Crippen LogP contribution in [0.2, 0.25) is 0 Å². The van der Waals surface area contributed by atoms with Crippen LogP contribution >= 0.6 is 11.3 Å². The first-order valence-electron chi connectivity index (χ1n) is 5.36. The molecule has 0 aliphatic rings. The summed E-state index contributed by atoms with van der Waals surface area (Å²) in [6.45, 7) is 0.593. The van der Waals surface area contributed by atoms with Crippen LogP contribution in [0.15, 0.2) is 23.2 Å². The van der Waals surface area contributed by atoms with Crippen LogP contribution in [-0.2, 0) is 24.7 Å². The van der Waals surface area contributed by atoms with Gasteiger partial charge in [-0.15, -0.1) is 10.2 Å². The average molecular weight is 250 g/mol. The number of nitrogens with one attached hydrogen (secondary N) is 1. The van der Waals surface area contributed by atoms with Gasteiger partial charge in [0.15, 0.2) is 0 Å². The summed E-state index contributed by atoms with van der Waals surface area (Å²) >= 11 is 1.60. The van der Waals surface area contributed by atoms with Crippen molar-refractivity contribution in [1.29, 1.82) is 0 Å². The first-order chi connectivity index (χ1) is 8.25. The van der Waals surface area contributed by atoms with Crippen LogP contribution in [0, 0.1) is 0 Å². The van der Waals surface area contributed by atoms with Crippen molar-refractivity contribution in [3.05, 3.63) is 34.5 Å². The maximum Gasteiger partial charge on any atom is 0.224 e.